The molecule has 2 aliphatic rings. The fraction of sp³-hybridized carbons (Fsp3) is 0.391. The molecule has 0 aromatic heterocycles. The van der Waals surface area contributed by atoms with E-state index in [1.54, 1.807) is 19.1 Å². The van der Waals surface area contributed by atoms with Gasteiger partial charge < -0.3 is 26.4 Å². The van der Waals surface area contributed by atoms with Crippen LogP contribution in [0, 0.1) is 6.92 Å². The first-order valence-electron chi connectivity index (χ1n) is 11.2. The number of sulfone groups is 1. The van der Waals surface area contributed by atoms with Crippen LogP contribution in [-0.4, -0.2) is 76.4 Å². The van der Waals surface area contributed by atoms with Crippen LogP contribution in [0.2, 0.25) is 5.02 Å². The molecule has 0 aliphatic carbocycles. The van der Waals surface area contributed by atoms with Crippen molar-refractivity contribution in [2.75, 3.05) is 51.6 Å². The number of likely N-dealkylation sites (N-methyl/N-ethyl adjacent to an activating group) is 1. The minimum Gasteiger partial charge on any atom is -0.454 e. The maximum absolute atomic E-state index is 13.3. The van der Waals surface area contributed by atoms with Gasteiger partial charge in [0.2, 0.25) is 0 Å². The highest BCUT2D eigenvalue weighted by atomic mass is 35.5. The number of aliphatic imine (C=N–C) groups is 1. The van der Waals surface area contributed by atoms with Crippen molar-refractivity contribution in [2.24, 2.45) is 16.5 Å². The van der Waals surface area contributed by atoms with Crippen LogP contribution in [0.3, 0.4) is 0 Å². The van der Waals surface area contributed by atoms with Crippen LogP contribution >= 0.6 is 11.6 Å². The van der Waals surface area contributed by atoms with Crippen molar-refractivity contribution in [1.29, 1.82) is 0 Å². The number of benzene rings is 2. The van der Waals surface area contributed by atoms with Gasteiger partial charge in [0.1, 0.15) is 16.4 Å². The Morgan fingerprint density at radius 3 is 2.54 bits per heavy atom. The molecule has 0 spiro atoms. The van der Waals surface area contributed by atoms with E-state index in [9.17, 15) is 13.2 Å². The molecule has 10 nitrogen and oxygen atoms in total. The Bertz CT molecular complexity index is 1290. The van der Waals surface area contributed by atoms with E-state index in [1.165, 1.54) is 12.1 Å². The Labute approximate surface area is 209 Å². The zero-order chi connectivity index (χ0) is 25.3. The molecule has 0 radical (unpaired) electrons. The summed E-state index contributed by atoms with van der Waals surface area (Å²) < 4.78 is 32.7. The Morgan fingerprint density at radius 1 is 1.14 bits per heavy atom. The van der Waals surface area contributed by atoms with Crippen LogP contribution in [-0.2, 0) is 15.6 Å². The van der Waals surface area contributed by atoms with Gasteiger partial charge in [-0.1, -0.05) is 11.6 Å². The molecular formula is C23H29ClN6O4S. The molecule has 35 heavy (non-hydrogen) atoms. The van der Waals surface area contributed by atoms with Crippen molar-refractivity contribution in [3.8, 4) is 11.5 Å². The molecule has 12 heteroatoms. The number of anilines is 1. The summed E-state index contributed by atoms with van der Waals surface area (Å²) in [5.74, 6) is -1.07. The van der Waals surface area contributed by atoms with Crippen LogP contribution in [0.4, 0.5) is 5.69 Å². The van der Waals surface area contributed by atoms with Crippen molar-refractivity contribution in [1.82, 2.24) is 9.80 Å². The smallest absolute Gasteiger partial charge is 0.280 e. The molecule has 0 unspecified atom stereocenters. The van der Waals surface area contributed by atoms with Gasteiger partial charge in [-0.25, -0.2) is 8.42 Å². The second kappa shape index (κ2) is 10.0. The molecule has 5 N–H and O–H groups in total. The molecular weight excluding hydrogens is 492 g/mol. The number of halogens is 1. The molecule has 2 aliphatic heterocycles. The molecule has 2 heterocycles. The number of piperazine rings is 1. The molecule has 2 aromatic rings. The van der Waals surface area contributed by atoms with Gasteiger partial charge in [0, 0.05) is 56.1 Å². The molecule has 0 bridgehead atoms. The minimum absolute atomic E-state index is 0.0464. The molecule has 0 atom stereocenters. The standard InChI is InChI=1S/C23H29ClN6O4S/c1-14-9-15(22(31)28-23(25)26)11-19-20(14)34-21-16(13-35(19,32)33)10-17(12-18(21)24)27-3-4-30-7-5-29(2)6-8-30/h9-12,27H,3-8,13H2,1-2H3,(H4,25,26,28,31). The lowest BCUT2D eigenvalue weighted by Gasteiger charge is -2.32. The molecule has 1 fully saturated rings. The second-order valence-electron chi connectivity index (χ2n) is 8.84. The fourth-order valence-electron chi connectivity index (χ4n) is 4.20. The van der Waals surface area contributed by atoms with E-state index in [0.29, 0.717) is 28.4 Å². The molecule has 1 saturated heterocycles. The maximum Gasteiger partial charge on any atom is 0.280 e. The highest BCUT2D eigenvalue weighted by Crippen LogP contribution is 2.44. The molecule has 2 aromatic carbocycles. The Kier molecular flexibility index (Phi) is 7.22. The van der Waals surface area contributed by atoms with Crippen molar-refractivity contribution < 1.29 is 17.9 Å². The average molecular weight is 521 g/mol. The highest BCUT2D eigenvalue weighted by molar-refractivity contribution is 7.90. The first-order chi connectivity index (χ1) is 16.5. The SMILES string of the molecule is Cc1cc(C(=O)N=C(N)N)cc2c1Oc1c(Cl)cc(NCCN3CCN(C)CC3)cc1CS2(=O)=O. The number of carbonyl (C=O) groups is 1. The van der Waals surface area contributed by atoms with E-state index >= 15 is 0 Å². The number of hydrogen-bond donors (Lipinski definition) is 3. The second-order valence-corrected chi connectivity index (χ2v) is 11.2. The van der Waals surface area contributed by atoms with E-state index < -0.39 is 21.7 Å². The number of rotatable bonds is 5. The van der Waals surface area contributed by atoms with Gasteiger partial charge >= 0.3 is 0 Å². The van der Waals surface area contributed by atoms with Crippen LogP contribution in [0.15, 0.2) is 34.2 Å². The number of nitrogens with two attached hydrogens (primary N) is 2. The normalized spacial score (nSPS) is 17.5. The number of guanidine groups is 1. The van der Waals surface area contributed by atoms with Crippen molar-refractivity contribution >= 4 is 39.0 Å². The third kappa shape index (κ3) is 5.69. The Balaban J connectivity index is 1.59. The van der Waals surface area contributed by atoms with Gasteiger partial charge in [-0.3, -0.25) is 9.69 Å². The maximum atomic E-state index is 13.3. The quantitative estimate of drug-likeness (QED) is 0.397. The molecule has 4 rings (SSSR count). The van der Waals surface area contributed by atoms with Crippen LogP contribution in [0.5, 0.6) is 11.5 Å². The largest absolute Gasteiger partial charge is 0.454 e. The predicted molar refractivity (Wildman–Crippen MR) is 136 cm³/mol. The molecule has 188 valence electrons. The highest BCUT2D eigenvalue weighted by Gasteiger charge is 2.31. The topological polar surface area (TPSA) is 143 Å². The first kappa shape index (κ1) is 25.2. The Hall–Kier alpha value is -2.86. The fourth-order valence-corrected chi connectivity index (χ4v) is 6.05. The van der Waals surface area contributed by atoms with Crippen LogP contribution in [0.25, 0.3) is 0 Å². The van der Waals surface area contributed by atoms with Gasteiger partial charge in [-0.15, -0.1) is 0 Å². The lowest BCUT2D eigenvalue weighted by atomic mass is 10.1. The lowest BCUT2D eigenvalue weighted by Crippen LogP contribution is -2.45. The zero-order valence-corrected chi connectivity index (χ0v) is 21.2. The summed E-state index contributed by atoms with van der Waals surface area (Å²) in [6, 6.07) is 6.20. The number of nitrogens with one attached hydrogen (secondary N) is 1. The number of aryl methyl sites for hydroxylation is 1. The number of carbonyl (C=O) groups excluding carboxylic acids is 1. The number of ether oxygens (including phenoxy) is 1. The number of nitrogens with zero attached hydrogens (tertiary/aromatic N) is 3. The van der Waals surface area contributed by atoms with Gasteiger partial charge in [-0.05, 0) is 43.8 Å². The summed E-state index contributed by atoms with van der Waals surface area (Å²) in [4.78, 5) is 20.4. The minimum atomic E-state index is -3.86. The molecule has 0 saturated carbocycles. The Morgan fingerprint density at radius 2 is 1.86 bits per heavy atom. The zero-order valence-electron chi connectivity index (χ0n) is 19.7. The van der Waals surface area contributed by atoms with Crippen molar-refractivity contribution in [3.63, 3.8) is 0 Å². The summed E-state index contributed by atoms with van der Waals surface area (Å²) in [7, 11) is -1.75. The van der Waals surface area contributed by atoms with E-state index in [2.05, 4.69) is 27.2 Å². The third-order valence-electron chi connectivity index (χ3n) is 6.08. The monoisotopic (exact) mass is 520 g/mol. The third-order valence-corrected chi connectivity index (χ3v) is 8.02. The van der Waals surface area contributed by atoms with Crippen molar-refractivity contribution in [3.05, 3.63) is 46.0 Å². The lowest BCUT2D eigenvalue weighted by molar-refractivity contribution is 0.100. The van der Waals surface area contributed by atoms with Gasteiger partial charge in [0.25, 0.3) is 5.91 Å². The number of amides is 1. The van der Waals surface area contributed by atoms with Crippen LogP contribution < -0.4 is 21.5 Å². The van der Waals surface area contributed by atoms with Gasteiger partial charge in [0.05, 0.1) is 10.8 Å². The number of hydrogen-bond acceptors (Lipinski definition) is 7. The van der Waals surface area contributed by atoms with Crippen LogP contribution in [0.1, 0.15) is 21.5 Å². The van der Waals surface area contributed by atoms with E-state index in [-0.39, 0.29) is 27.7 Å². The summed E-state index contributed by atoms with van der Waals surface area (Å²) in [5, 5.41) is 3.64. The first-order valence-corrected chi connectivity index (χ1v) is 13.2. The molecule has 1 amide bonds. The number of fused-ring (bicyclic) bond motifs is 2. The summed E-state index contributed by atoms with van der Waals surface area (Å²) in [6.07, 6.45) is 0. The predicted octanol–water partition coefficient (Wildman–Crippen LogP) is 1.80. The van der Waals surface area contributed by atoms with Gasteiger partial charge in [-0.2, -0.15) is 4.99 Å². The summed E-state index contributed by atoms with van der Waals surface area (Å²) >= 11 is 6.54. The van der Waals surface area contributed by atoms with E-state index in [4.69, 9.17) is 27.8 Å². The van der Waals surface area contributed by atoms with E-state index in [1.807, 2.05) is 0 Å². The summed E-state index contributed by atoms with van der Waals surface area (Å²) in [5.41, 5.74) is 12.2. The summed E-state index contributed by atoms with van der Waals surface area (Å²) in [6.45, 7) is 7.32. The van der Waals surface area contributed by atoms with E-state index in [0.717, 1.165) is 32.7 Å². The average Bonchev–Trinajstić information content (AvgIpc) is 2.88. The van der Waals surface area contributed by atoms with Crippen molar-refractivity contribution in [2.45, 2.75) is 17.6 Å². The van der Waals surface area contributed by atoms with Gasteiger partial charge in [0.15, 0.2) is 15.8 Å².